The lowest BCUT2D eigenvalue weighted by Gasteiger charge is -2.29. The first kappa shape index (κ1) is 20.3. The number of nitrogens with zero attached hydrogens (tertiary/aromatic N) is 2. The second-order valence-electron chi connectivity index (χ2n) is 7.01. The van der Waals surface area contributed by atoms with E-state index in [4.69, 9.17) is 4.74 Å². The van der Waals surface area contributed by atoms with Crippen molar-refractivity contribution in [3.8, 4) is 11.4 Å². The number of hydrogen-bond donors (Lipinski definition) is 2. The maximum absolute atomic E-state index is 12.7. The number of aryl methyl sites for hydroxylation is 1. The number of hydrogen-bond acceptors (Lipinski definition) is 5. The van der Waals surface area contributed by atoms with Gasteiger partial charge in [-0.2, -0.15) is 0 Å². The molecule has 0 radical (unpaired) electrons. The lowest BCUT2D eigenvalue weighted by atomic mass is 10.1. The molecule has 1 unspecified atom stereocenters. The third-order valence-electron chi connectivity index (χ3n) is 4.94. The van der Waals surface area contributed by atoms with Gasteiger partial charge < -0.3 is 10.1 Å². The third-order valence-corrected chi connectivity index (χ3v) is 6.04. The van der Waals surface area contributed by atoms with E-state index in [1.165, 1.54) is 4.57 Å². The number of fused-ring (bicyclic) bond motifs is 1. The highest BCUT2D eigenvalue weighted by Crippen LogP contribution is 2.29. The monoisotopic (exact) mass is 522 g/mol. The largest absolute Gasteiger partial charge is 0.491 e. The topological polar surface area (TPSA) is 79.4 Å². The van der Waals surface area contributed by atoms with Crippen LogP contribution in [0.2, 0.25) is 0 Å². The number of benzene rings is 2. The molecule has 0 bridgehead atoms. The van der Waals surface area contributed by atoms with E-state index >= 15 is 0 Å². The number of aromatic amines is 1. The van der Waals surface area contributed by atoms with Crippen LogP contribution in [0.4, 0.5) is 0 Å². The molecule has 152 valence electrons. The van der Waals surface area contributed by atoms with E-state index < -0.39 is 11.2 Å². The molecule has 1 fully saturated rings. The van der Waals surface area contributed by atoms with Gasteiger partial charge in [0.2, 0.25) is 0 Å². The van der Waals surface area contributed by atoms with Gasteiger partial charge in [-0.1, -0.05) is 34.1 Å². The predicted octanol–water partition coefficient (Wildman–Crippen LogP) is 2.71. The van der Waals surface area contributed by atoms with E-state index in [0.29, 0.717) is 28.9 Å². The Hall–Kier alpha value is -1.94. The summed E-state index contributed by atoms with van der Waals surface area (Å²) in [6, 6.07) is 11.2. The SMILES string of the molecule is Cc1ccccc1-n1c(=O)[nH]c(=O)c2c(OCC3CN(Br)CCN3)cc(Br)cc21. The Bertz CT molecular complexity index is 1170. The molecular weight excluding hydrogens is 504 g/mol. The van der Waals surface area contributed by atoms with E-state index in [1.807, 2.05) is 31.2 Å². The van der Waals surface area contributed by atoms with E-state index in [0.717, 1.165) is 29.7 Å². The summed E-state index contributed by atoms with van der Waals surface area (Å²) in [4.78, 5) is 27.8. The molecule has 4 rings (SSSR count). The second-order valence-corrected chi connectivity index (χ2v) is 8.93. The number of para-hydroxylation sites is 1. The molecule has 1 saturated heterocycles. The first-order valence-corrected chi connectivity index (χ1v) is 10.8. The van der Waals surface area contributed by atoms with Crippen LogP contribution >= 0.6 is 32.1 Å². The van der Waals surface area contributed by atoms with Crippen LogP contribution in [0, 0.1) is 6.92 Å². The van der Waals surface area contributed by atoms with Crippen molar-refractivity contribution in [2.24, 2.45) is 0 Å². The van der Waals surface area contributed by atoms with Crippen molar-refractivity contribution >= 4 is 43.0 Å². The fourth-order valence-electron chi connectivity index (χ4n) is 3.55. The summed E-state index contributed by atoms with van der Waals surface area (Å²) in [6.45, 7) is 4.88. The fraction of sp³-hybridized carbons (Fsp3) is 0.300. The van der Waals surface area contributed by atoms with Crippen molar-refractivity contribution < 1.29 is 4.74 Å². The van der Waals surface area contributed by atoms with Crippen LogP contribution in [0.25, 0.3) is 16.6 Å². The molecule has 9 heteroatoms. The van der Waals surface area contributed by atoms with E-state index in [1.54, 1.807) is 12.1 Å². The zero-order valence-electron chi connectivity index (χ0n) is 15.7. The number of H-pyrrole nitrogens is 1. The number of nitrogens with one attached hydrogen (secondary N) is 2. The number of ether oxygens (including phenoxy) is 1. The Morgan fingerprint density at radius 3 is 2.79 bits per heavy atom. The van der Waals surface area contributed by atoms with Crippen molar-refractivity contribution in [3.63, 3.8) is 0 Å². The van der Waals surface area contributed by atoms with Gasteiger partial charge in [-0.3, -0.25) is 14.3 Å². The van der Waals surface area contributed by atoms with Crippen LogP contribution in [-0.2, 0) is 0 Å². The average molecular weight is 524 g/mol. The Balaban J connectivity index is 1.83. The van der Waals surface area contributed by atoms with Crippen LogP contribution in [0.1, 0.15) is 5.56 Å². The van der Waals surface area contributed by atoms with E-state index in [-0.39, 0.29) is 6.04 Å². The van der Waals surface area contributed by atoms with Crippen LogP contribution in [0.15, 0.2) is 50.5 Å². The van der Waals surface area contributed by atoms with Gasteiger partial charge in [-0.05, 0) is 30.7 Å². The Morgan fingerprint density at radius 1 is 1.24 bits per heavy atom. The quantitative estimate of drug-likeness (QED) is 0.514. The first-order valence-electron chi connectivity index (χ1n) is 9.25. The summed E-state index contributed by atoms with van der Waals surface area (Å²) in [5.74, 6) is 0.437. The van der Waals surface area contributed by atoms with Crippen molar-refractivity contribution in [1.29, 1.82) is 0 Å². The first-order chi connectivity index (χ1) is 13.9. The maximum Gasteiger partial charge on any atom is 0.333 e. The maximum atomic E-state index is 12.7. The molecule has 2 aromatic carbocycles. The lowest BCUT2D eigenvalue weighted by molar-refractivity contribution is 0.222. The molecule has 1 aromatic heterocycles. The minimum Gasteiger partial charge on any atom is -0.491 e. The summed E-state index contributed by atoms with van der Waals surface area (Å²) in [6.07, 6.45) is 0. The van der Waals surface area contributed by atoms with Gasteiger partial charge in [0.15, 0.2) is 0 Å². The van der Waals surface area contributed by atoms with Crippen LogP contribution < -0.4 is 21.3 Å². The normalized spacial score (nSPS) is 17.6. The molecule has 1 atom stereocenters. The summed E-state index contributed by atoms with van der Waals surface area (Å²) >= 11 is 7.00. The molecule has 1 aliphatic heterocycles. The zero-order chi connectivity index (χ0) is 20.5. The number of halogens is 2. The zero-order valence-corrected chi connectivity index (χ0v) is 18.9. The van der Waals surface area contributed by atoms with E-state index in [2.05, 4.69) is 46.3 Å². The van der Waals surface area contributed by atoms with Crippen molar-refractivity contribution in [2.45, 2.75) is 13.0 Å². The highest BCUT2D eigenvalue weighted by atomic mass is 79.9. The molecule has 2 heterocycles. The van der Waals surface area contributed by atoms with Gasteiger partial charge >= 0.3 is 5.69 Å². The number of piperazine rings is 1. The highest BCUT2D eigenvalue weighted by Gasteiger charge is 2.20. The Labute approximate surface area is 184 Å². The summed E-state index contributed by atoms with van der Waals surface area (Å²) in [5.41, 5.74) is 1.19. The molecule has 0 saturated carbocycles. The highest BCUT2D eigenvalue weighted by molar-refractivity contribution is 9.10. The summed E-state index contributed by atoms with van der Waals surface area (Å²) in [5, 5.41) is 3.75. The molecule has 0 amide bonds. The molecular formula is C20H20Br2N4O3. The van der Waals surface area contributed by atoms with Crippen molar-refractivity contribution in [1.82, 2.24) is 18.8 Å². The number of aromatic nitrogens is 2. The Morgan fingerprint density at radius 2 is 2.03 bits per heavy atom. The van der Waals surface area contributed by atoms with Gasteiger partial charge in [0, 0.05) is 40.3 Å². The van der Waals surface area contributed by atoms with Gasteiger partial charge in [0.25, 0.3) is 5.56 Å². The Kier molecular flexibility index (Phi) is 5.91. The fourth-order valence-corrected chi connectivity index (χ4v) is 4.50. The van der Waals surface area contributed by atoms with Crippen molar-refractivity contribution in [2.75, 3.05) is 26.2 Å². The molecule has 29 heavy (non-hydrogen) atoms. The van der Waals surface area contributed by atoms with Crippen LogP contribution in [0.3, 0.4) is 0 Å². The smallest absolute Gasteiger partial charge is 0.333 e. The standard InChI is InChI=1S/C20H20Br2N4O3/c1-12-4-2-3-5-15(12)26-16-8-13(21)9-17(18(16)19(27)24-20(26)28)29-11-14-10-25(22)7-6-23-14/h2-5,8-9,14,23H,6-7,10-11H2,1H3,(H,24,27,28). The molecule has 7 nitrogen and oxygen atoms in total. The van der Waals surface area contributed by atoms with E-state index in [9.17, 15) is 9.59 Å². The van der Waals surface area contributed by atoms with Gasteiger partial charge in [-0.15, -0.1) is 0 Å². The van der Waals surface area contributed by atoms with Crippen LogP contribution in [0.5, 0.6) is 5.75 Å². The minimum atomic E-state index is -0.482. The van der Waals surface area contributed by atoms with Crippen molar-refractivity contribution in [3.05, 3.63) is 67.3 Å². The molecule has 0 aliphatic carbocycles. The predicted molar refractivity (Wildman–Crippen MR) is 120 cm³/mol. The summed E-state index contributed by atoms with van der Waals surface area (Å²) < 4.78 is 10.4. The number of rotatable bonds is 4. The van der Waals surface area contributed by atoms with Crippen LogP contribution in [-0.4, -0.2) is 45.8 Å². The third kappa shape index (κ3) is 4.18. The molecule has 3 aromatic rings. The second kappa shape index (κ2) is 8.43. The van der Waals surface area contributed by atoms with Gasteiger partial charge in [0.05, 0.1) is 17.2 Å². The average Bonchev–Trinajstić information content (AvgIpc) is 2.67. The molecule has 0 spiro atoms. The van der Waals surface area contributed by atoms with Gasteiger partial charge in [-0.25, -0.2) is 8.72 Å². The van der Waals surface area contributed by atoms with Gasteiger partial charge in [0.1, 0.15) is 17.7 Å². The minimum absolute atomic E-state index is 0.124. The molecule has 2 N–H and O–H groups in total. The lowest BCUT2D eigenvalue weighted by Crippen LogP contribution is -2.49. The molecule has 1 aliphatic rings. The summed E-state index contributed by atoms with van der Waals surface area (Å²) in [7, 11) is 0.